The van der Waals surface area contributed by atoms with Gasteiger partial charge in [0.2, 0.25) is 0 Å². The minimum Gasteiger partial charge on any atom is -0.497 e. The van der Waals surface area contributed by atoms with Crippen molar-refractivity contribution in [2.75, 3.05) is 14.2 Å². The van der Waals surface area contributed by atoms with E-state index in [0.29, 0.717) is 16.7 Å². The highest BCUT2D eigenvalue weighted by Gasteiger charge is 2.16. The van der Waals surface area contributed by atoms with Gasteiger partial charge in [0.25, 0.3) is 0 Å². The zero-order chi connectivity index (χ0) is 21.3. The number of hydrogen-bond acceptors (Lipinski definition) is 5. The quantitative estimate of drug-likeness (QED) is 0.384. The average Bonchev–Trinajstić information content (AvgIpc) is 2.76. The van der Waals surface area contributed by atoms with Crippen LogP contribution in [0, 0.1) is 13.8 Å². The molecule has 1 heterocycles. The number of ether oxygens (including phenoxy) is 2. The molecule has 4 nitrogen and oxygen atoms in total. The summed E-state index contributed by atoms with van der Waals surface area (Å²) < 4.78 is 16.8. The van der Waals surface area contributed by atoms with Gasteiger partial charge in [0.15, 0.2) is 11.0 Å². The van der Waals surface area contributed by atoms with E-state index in [1.165, 1.54) is 0 Å². The fraction of sp³-hybridized carbons (Fsp3) is 0.160. The van der Waals surface area contributed by atoms with Gasteiger partial charge in [-0.2, -0.15) is 0 Å². The largest absolute Gasteiger partial charge is 0.497 e. The third-order valence-electron chi connectivity index (χ3n) is 4.99. The van der Waals surface area contributed by atoms with Crippen LogP contribution in [0.3, 0.4) is 0 Å². The van der Waals surface area contributed by atoms with Crippen LogP contribution in [0.2, 0.25) is 0 Å². The Kier molecular flexibility index (Phi) is 5.55. The van der Waals surface area contributed by atoms with E-state index in [2.05, 4.69) is 0 Å². The van der Waals surface area contributed by atoms with Crippen LogP contribution >= 0.6 is 11.8 Å². The van der Waals surface area contributed by atoms with E-state index >= 15 is 0 Å². The lowest BCUT2D eigenvalue weighted by atomic mass is 10.1. The zero-order valence-electron chi connectivity index (χ0n) is 17.3. The molecule has 5 heteroatoms. The normalized spacial score (nSPS) is 10.9. The molecule has 1 aromatic heterocycles. The lowest BCUT2D eigenvalue weighted by Gasteiger charge is -2.13. The molecule has 152 valence electrons. The molecule has 0 unspecified atom stereocenters. The maximum absolute atomic E-state index is 13.0. The number of aryl methyl sites for hydroxylation is 2. The number of methoxy groups -OCH3 is 2. The van der Waals surface area contributed by atoms with Gasteiger partial charge < -0.3 is 13.9 Å². The number of fused-ring (bicyclic) bond motifs is 1. The van der Waals surface area contributed by atoms with Crippen molar-refractivity contribution in [2.24, 2.45) is 0 Å². The van der Waals surface area contributed by atoms with E-state index in [4.69, 9.17) is 13.9 Å². The molecule has 0 saturated heterocycles. The van der Waals surface area contributed by atoms with Gasteiger partial charge in [0.1, 0.15) is 17.3 Å². The number of benzene rings is 3. The van der Waals surface area contributed by atoms with Gasteiger partial charge in [0, 0.05) is 16.5 Å². The highest BCUT2D eigenvalue weighted by Crippen LogP contribution is 2.38. The summed E-state index contributed by atoms with van der Waals surface area (Å²) >= 11 is 1.58. The standard InChI is InChI=1S/C25H22O4S/c1-15-13-16(2)25(30-20-11-9-19(28-4)10-12-20)24-23(15)21(26)14-22(29-24)17-5-7-18(27-3)8-6-17/h5-14H,1-4H3. The first-order valence-corrected chi connectivity index (χ1v) is 10.4. The molecule has 30 heavy (non-hydrogen) atoms. The van der Waals surface area contributed by atoms with Gasteiger partial charge in [0.05, 0.1) is 24.5 Å². The highest BCUT2D eigenvalue weighted by molar-refractivity contribution is 7.99. The van der Waals surface area contributed by atoms with E-state index < -0.39 is 0 Å². The van der Waals surface area contributed by atoms with E-state index in [1.807, 2.05) is 68.4 Å². The summed E-state index contributed by atoms with van der Waals surface area (Å²) in [6.45, 7) is 3.99. The van der Waals surface area contributed by atoms with Crippen LogP contribution < -0.4 is 14.9 Å². The molecule has 0 atom stereocenters. The molecule has 3 aromatic carbocycles. The Balaban J connectivity index is 1.87. The molecule has 0 N–H and O–H groups in total. The monoisotopic (exact) mass is 418 g/mol. The van der Waals surface area contributed by atoms with Gasteiger partial charge in [-0.25, -0.2) is 0 Å². The molecule has 0 amide bonds. The third-order valence-corrected chi connectivity index (χ3v) is 6.21. The second-order valence-electron chi connectivity index (χ2n) is 7.02. The van der Waals surface area contributed by atoms with Gasteiger partial charge in [-0.15, -0.1) is 0 Å². The van der Waals surface area contributed by atoms with Crippen LogP contribution in [-0.4, -0.2) is 14.2 Å². The van der Waals surface area contributed by atoms with Gasteiger partial charge in [-0.05, 0) is 73.5 Å². The van der Waals surface area contributed by atoms with Crippen molar-refractivity contribution in [1.82, 2.24) is 0 Å². The Bertz CT molecular complexity index is 1260. The first-order valence-electron chi connectivity index (χ1n) is 9.54. The second kappa shape index (κ2) is 8.28. The highest BCUT2D eigenvalue weighted by atomic mass is 32.2. The first kappa shape index (κ1) is 20.1. The fourth-order valence-corrected chi connectivity index (χ4v) is 4.42. The first-order chi connectivity index (χ1) is 14.5. The average molecular weight is 419 g/mol. The molecule has 0 aliphatic carbocycles. The molecule has 4 rings (SSSR count). The number of hydrogen-bond donors (Lipinski definition) is 0. The van der Waals surface area contributed by atoms with Crippen LogP contribution in [0.15, 0.2) is 79.7 Å². The maximum Gasteiger partial charge on any atom is 0.193 e. The molecule has 0 aliphatic rings. The van der Waals surface area contributed by atoms with Crippen LogP contribution in [0.5, 0.6) is 11.5 Å². The van der Waals surface area contributed by atoms with Crippen molar-refractivity contribution in [3.63, 3.8) is 0 Å². The summed E-state index contributed by atoms with van der Waals surface area (Å²) in [5.41, 5.74) is 3.38. The predicted molar refractivity (Wildman–Crippen MR) is 121 cm³/mol. The number of rotatable bonds is 5. The molecule has 0 aliphatic heterocycles. The Labute approximate surface area is 179 Å². The van der Waals surface area contributed by atoms with Crippen molar-refractivity contribution in [3.05, 3.63) is 82.0 Å². The Morgan fingerprint density at radius 2 is 1.40 bits per heavy atom. The van der Waals surface area contributed by atoms with E-state index in [0.717, 1.165) is 38.0 Å². The van der Waals surface area contributed by atoms with Gasteiger partial charge in [-0.1, -0.05) is 17.8 Å². The minimum absolute atomic E-state index is 0.0452. The Morgan fingerprint density at radius 1 is 0.800 bits per heavy atom. The third kappa shape index (κ3) is 3.81. The Morgan fingerprint density at radius 3 is 2.00 bits per heavy atom. The zero-order valence-corrected chi connectivity index (χ0v) is 18.1. The van der Waals surface area contributed by atoms with Crippen molar-refractivity contribution >= 4 is 22.7 Å². The molecule has 0 fully saturated rings. The van der Waals surface area contributed by atoms with Crippen molar-refractivity contribution in [2.45, 2.75) is 23.6 Å². The van der Waals surface area contributed by atoms with Gasteiger partial charge >= 0.3 is 0 Å². The van der Waals surface area contributed by atoms with Crippen molar-refractivity contribution in [1.29, 1.82) is 0 Å². The summed E-state index contributed by atoms with van der Waals surface area (Å²) in [6.07, 6.45) is 0. The van der Waals surface area contributed by atoms with Crippen LogP contribution in [-0.2, 0) is 0 Å². The summed E-state index contributed by atoms with van der Waals surface area (Å²) in [5, 5.41) is 0.619. The van der Waals surface area contributed by atoms with Crippen molar-refractivity contribution in [3.8, 4) is 22.8 Å². The van der Waals surface area contributed by atoms with Crippen LogP contribution in [0.4, 0.5) is 0 Å². The molecular weight excluding hydrogens is 396 g/mol. The van der Waals surface area contributed by atoms with Crippen LogP contribution in [0.1, 0.15) is 11.1 Å². The summed E-state index contributed by atoms with van der Waals surface area (Å²) in [4.78, 5) is 15.0. The van der Waals surface area contributed by atoms with Crippen molar-refractivity contribution < 1.29 is 13.9 Å². The lowest BCUT2D eigenvalue weighted by molar-refractivity contribution is 0.414. The van der Waals surface area contributed by atoms with E-state index in [-0.39, 0.29) is 5.43 Å². The lowest BCUT2D eigenvalue weighted by Crippen LogP contribution is -2.04. The van der Waals surface area contributed by atoms with E-state index in [1.54, 1.807) is 32.0 Å². The molecule has 0 saturated carbocycles. The molecule has 0 spiro atoms. The molecule has 4 aromatic rings. The topological polar surface area (TPSA) is 48.7 Å². The predicted octanol–water partition coefficient (Wildman–Crippen LogP) is 6.25. The Hall–Kier alpha value is -3.18. The molecular formula is C25H22O4S. The summed E-state index contributed by atoms with van der Waals surface area (Å²) in [7, 11) is 3.27. The summed E-state index contributed by atoms with van der Waals surface area (Å²) in [6, 6.07) is 18.9. The van der Waals surface area contributed by atoms with Crippen LogP contribution in [0.25, 0.3) is 22.3 Å². The smallest absolute Gasteiger partial charge is 0.193 e. The maximum atomic E-state index is 13.0. The SMILES string of the molecule is COc1ccc(Sc2c(C)cc(C)c3c(=O)cc(-c4ccc(OC)cc4)oc23)cc1. The molecule has 0 bridgehead atoms. The summed E-state index contributed by atoms with van der Waals surface area (Å²) in [5.74, 6) is 2.10. The van der Waals surface area contributed by atoms with E-state index in [9.17, 15) is 4.79 Å². The van der Waals surface area contributed by atoms with Gasteiger partial charge in [-0.3, -0.25) is 4.79 Å². The molecule has 0 radical (unpaired) electrons. The second-order valence-corrected chi connectivity index (χ2v) is 8.11. The fourth-order valence-electron chi connectivity index (χ4n) is 3.45. The minimum atomic E-state index is -0.0452.